The van der Waals surface area contributed by atoms with E-state index in [1.165, 1.54) is 11.1 Å². The quantitative estimate of drug-likeness (QED) is 0.742. The molecule has 1 heterocycles. The van der Waals surface area contributed by atoms with Crippen molar-refractivity contribution in [2.24, 2.45) is 0 Å². The summed E-state index contributed by atoms with van der Waals surface area (Å²) in [6.07, 6.45) is 3.58. The van der Waals surface area contributed by atoms with Gasteiger partial charge >= 0.3 is 0 Å². The predicted molar refractivity (Wildman–Crippen MR) is 57.5 cm³/mol. The van der Waals surface area contributed by atoms with E-state index in [1.807, 2.05) is 22.9 Å². The first-order valence-electron chi connectivity index (χ1n) is 4.55. The number of anilines is 1. The molecule has 0 saturated heterocycles. The van der Waals surface area contributed by atoms with Crippen molar-refractivity contribution in [3.05, 3.63) is 41.7 Å². The van der Waals surface area contributed by atoms with Crippen LogP contribution >= 0.6 is 0 Å². The second-order valence-electron chi connectivity index (χ2n) is 3.37. The normalized spacial score (nSPS) is 10.4. The van der Waals surface area contributed by atoms with E-state index < -0.39 is 0 Å². The number of nitrogens with zero attached hydrogens (tertiary/aromatic N) is 2. The van der Waals surface area contributed by atoms with Crippen molar-refractivity contribution < 1.29 is 0 Å². The van der Waals surface area contributed by atoms with Gasteiger partial charge in [0.1, 0.15) is 0 Å². The lowest BCUT2D eigenvalue weighted by Gasteiger charge is -2.10. The van der Waals surface area contributed by atoms with Crippen LogP contribution in [0.1, 0.15) is 11.1 Å². The third-order valence-corrected chi connectivity index (χ3v) is 2.50. The molecule has 1 aromatic heterocycles. The maximum Gasteiger partial charge on any atom is 0.204 e. The van der Waals surface area contributed by atoms with Crippen molar-refractivity contribution >= 4 is 5.95 Å². The Morgan fingerprint density at radius 3 is 2.71 bits per heavy atom. The molecule has 0 radical (unpaired) electrons. The van der Waals surface area contributed by atoms with Gasteiger partial charge in [-0.1, -0.05) is 12.1 Å². The molecule has 0 atom stereocenters. The third kappa shape index (κ3) is 1.27. The van der Waals surface area contributed by atoms with Gasteiger partial charge in [0.05, 0.1) is 5.69 Å². The van der Waals surface area contributed by atoms with E-state index in [2.05, 4.69) is 24.9 Å². The van der Waals surface area contributed by atoms with Crippen LogP contribution in [0.3, 0.4) is 0 Å². The molecule has 0 spiro atoms. The van der Waals surface area contributed by atoms with Gasteiger partial charge in [0, 0.05) is 12.4 Å². The zero-order valence-corrected chi connectivity index (χ0v) is 8.36. The molecule has 2 N–H and O–H groups in total. The summed E-state index contributed by atoms with van der Waals surface area (Å²) in [7, 11) is 0. The highest BCUT2D eigenvalue weighted by Crippen LogP contribution is 2.19. The van der Waals surface area contributed by atoms with Gasteiger partial charge in [-0.2, -0.15) is 0 Å². The largest absolute Gasteiger partial charge is 0.369 e. The number of rotatable bonds is 1. The smallest absolute Gasteiger partial charge is 0.204 e. The minimum atomic E-state index is 0.527. The second kappa shape index (κ2) is 3.18. The zero-order valence-electron chi connectivity index (χ0n) is 8.36. The first-order chi connectivity index (χ1) is 6.70. The summed E-state index contributed by atoms with van der Waals surface area (Å²) in [5.74, 6) is 0.527. The Balaban J connectivity index is 2.63. The van der Waals surface area contributed by atoms with Crippen LogP contribution in [0.5, 0.6) is 0 Å². The lowest BCUT2D eigenvalue weighted by molar-refractivity contribution is 1.05. The number of hydrogen-bond acceptors (Lipinski definition) is 2. The van der Waals surface area contributed by atoms with Crippen LogP contribution in [0.25, 0.3) is 5.69 Å². The minimum absolute atomic E-state index is 0.527. The summed E-state index contributed by atoms with van der Waals surface area (Å²) in [5.41, 5.74) is 9.33. The van der Waals surface area contributed by atoms with E-state index in [0.29, 0.717) is 5.95 Å². The number of nitrogen functional groups attached to an aromatic ring is 1. The first kappa shape index (κ1) is 8.81. The Morgan fingerprint density at radius 1 is 1.29 bits per heavy atom. The van der Waals surface area contributed by atoms with Crippen LogP contribution in [-0.4, -0.2) is 9.55 Å². The number of nitrogens with two attached hydrogens (primary N) is 1. The van der Waals surface area contributed by atoms with Crippen molar-refractivity contribution in [1.29, 1.82) is 0 Å². The molecular formula is C11H13N3. The monoisotopic (exact) mass is 187 g/mol. The van der Waals surface area contributed by atoms with E-state index in [1.54, 1.807) is 6.20 Å². The van der Waals surface area contributed by atoms with E-state index in [-0.39, 0.29) is 0 Å². The fourth-order valence-electron chi connectivity index (χ4n) is 1.52. The number of imidazole rings is 1. The van der Waals surface area contributed by atoms with Gasteiger partial charge < -0.3 is 5.73 Å². The molecule has 3 heteroatoms. The Labute approximate surface area is 83.2 Å². The molecule has 2 rings (SSSR count). The fourth-order valence-corrected chi connectivity index (χ4v) is 1.52. The van der Waals surface area contributed by atoms with Crippen LogP contribution in [0.15, 0.2) is 30.6 Å². The van der Waals surface area contributed by atoms with E-state index in [0.717, 1.165) is 5.69 Å². The Morgan fingerprint density at radius 2 is 2.07 bits per heavy atom. The van der Waals surface area contributed by atoms with Crippen molar-refractivity contribution in [3.8, 4) is 5.69 Å². The summed E-state index contributed by atoms with van der Waals surface area (Å²) in [5, 5.41) is 0. The summed E-state index contributed by atoms with van der Waals surface area (Å²) in [6.45, 7) is 4.18. The Hall–Kier alpha value is -1.77. The highest BCUT2D eigenvalue weighted by Gasteiger charge is 2.04. The van der Waals surface area contributed by atoms with Gasteiger partial charge in [0.25, 0.3) is 0 Å². The van der Waals surface area contributed by atoms with Crippen LogP contribution in [0, 0.1) is 13.8 Å². The maximum absolute atomic E-state index is 5.74. The van der Waals surface area contributed by atoms with Gasteiger partial charge in [-0.3, -0.25) is 4.57 Å². The fraction of sp³-hybridized carbons (Fsp3) is 0.182. The van der Waals surface area contributed by atoms with Crippen LogP contribution < -0.4 is 5.73 Å². The molecule has 0 aliphatic rings. The van der Waals surface area contributed by atoms with E-state index in [4.69, 9.17) is 5.73 Å². The molecule has 0 unspecified atom stereocenters. The third-order valence-electron chi connectivity index (χ3n) is 2.50. The predicted octanol–water partition coefficient (Wildman–Crippen LogP) is 2.07. The van der Waals surface area contributed by atoms with Crippen molar-refractivity contribution in [3.63, 3.8) is 0 Å². The zero-order chi connectivity index (χ0) is 10.1. The van der Waals surface area contributed by atoms with Gasteiger partial charge in [0.15, 0.2) is 0 Å². The van der Waals surface area contributed by atoms with Crippen molar-refractivity contribution in [1.82, 2.24) is 9.55 Å². The lowest BCUT2D eigenvalue weighted by atomic mass is 10.1. The molecule has 0 fully saturated rings. The summed E-state index contributed by atoms with van der Waals surface area (Å²) >= 11 is 0. The van der Waals surface area contributed by atoms with E-state index in [9.17, 15) is 0 Å². The van der Waals surface area contributed by atoms with Gasteiger partial charge in [-0.15, -0.1) is 0 Å². The Kier molecular flexibility index (Phi) is 2.00. The molecule has 0 bridgehead atoms. The second-order valence-corrected chi connectivity index (χ2v) is 3.37. The summed E-state index contributed by atoms with van der Waals surface area (Å²) in [6, 6.07) is 6.16. The topological polar surface area (TPSA) is 43.8 Å². The molecule has 0 aliphatic carbocycles. The van der Waals surface area contributed by atoms with Gasteiger partial charge in [0.2, 0.25) is 5.95 Å². The molecule has 3 nitrogen and oxygen atoms in total. The lowest BCUT2D eigenvalue weighted by Crippen LogP contribution is -2.02. The molecule has 2 aromatic rings. The van der Waals surface area contributed by atoms with Gasteiger partial charge in [-0.25, -0.2) is 4.98 Å². The molecule has 72 valence electrons. The number of hydrogen-bond donors (Lipinski definition) is 1. The van der Waals surface area contributed by atoms with Crippen molar-refractivity contribution in [2.75, 3.05) is 5.73 Å². The average molecular weight is 187 g/mol. The summed E-state index contributed by atoms with van der Waals surface area (Å²) < 4.78 is 1.89. The van der Waals surface area contributed by atoms with Crippen LogP contribution in [0.4, 0.5) is 5.95 Å². The van der Waals surface area contributed by atoms with Crippen molar-refractivity contribution in [2.45, 2.75) is 13.8 Å². The Bertz CT molecular complexity index is 457. The van der Waals surface area contributed by atoms with Crippen LogP contribution in [0.2, 0.25) is 0 Å². The highest BCUT2D eigenvalue weighted by atomic mass is 15.1. The van der Waals surface area contributed by atoms with Gasteiger partial charge in [-0.05, 0) is 31.0 Å². The number of aryl methyl sites for hydroxylation is 1. The molecule has 14 heavy (non-hydrogen) atoms. The molecule has 0 aliphatic heterocycles. The first-order valence-corrected chi connectivity index (χ1v) is 4.55. The molecule has 0 amide bonds. The molecular weight excluding hydrogens is 174 g/mol. The maximum atomic E-state index is 5.74. The standard InChI is InChI=1S/C11H13N3/c1-8-4-3-5-10(9(8)2)14-7-6-13-11(14)12/h3-7H,1-2H3,(H2,12,13). The highest BCUT2D eigenvalue weighted by molar-refractivity contribution is 5.48. The molecule has 1 aromatic carbocycles. The average Bonchev–Trinajstić information content (AvgIpc) is 2.57. The SMILES string of the molecule is Cc1cccc(-n2ccnc2N)c1C. The number of aromatic nitrogens is 2. The minimum Gasteiger partial charge on any atom is -0.369 e. The van der Waals surface area contributed by atoms with Crippen LogP contribution in [-0.2, 0) is 0 Å². The van der Waals surface area contributed by atoms with E-state index >= 15 is 0 Å². The molecule has 0 saturated carbocycles. The summed E-state index contributed by atoms with van der Waals surface area (Å²) in [4.78, 5) is 4.00. The number of benzene rings is 1.